The van der Waals surface area contributed by atoms with Crippen molar-refractivity contribution in [3.8, 4) is 0 Å². The first kappa shape index (κ1) is 21.9. The third-order valence-electron chi connectivity index (χ3n) is 5.32. The first-order valence-electron chi connectivity index (χ1n) is 9.98. The Hall–Kier alpha value is -1.10. The van der Waals surface area contributed by atoms with Crippen LogP contribution >= 0.6 is 0 Å². The fourth-order valence-corrected chi connectivity index (χ4v) is 3.69. The standard InChI is InChI=1S/C20H38N2O3/c1-5-6-8-17-9-11-18(12-10-17)20(24)22(15-7-14-21(2)3)16-13-19(23)25-4/h17-18H,5-16H2,1-4H3. The van der Waals surface area contributed by atoms with E-state index in [-0.39, 0.29) is 24.2 Å². The number of ether oxygens (including phenoxy) is 1. The van der Waals surface area contributed by atoms with Gasteiger partial charge in [-0.1, -0.05) is 26.2 Å². The third kappa shape index (κ3) is 8.70. The number of nitrogens with zero attached hydrogens (tertiary/aromatic N) is 2. The molecule has 146 valence electrons. The van der Waals surface area contributed by atoms with Gasteiger partial charge in [0.1, 0.15) is 0 Å². The van der Waals surface area contributed by atoms with Crippen LogP contribution in [0.25, 0.3) is 0 Å². The SMILES string of the molecule is CCCCC1CCC(C(=O)N(CCCN(C)C)CCC(=O)OC)CC1. The lowest BCUT2D eigenvalue weighted by Crippen LogP contribution is -2.40. The number of hydrogen-bond donors (Lipinski definition) is 0. The van der Waals surface area contributed by atoms with Crippen LogP contribution in [0.1, 0.15) is 64.7 Å². The molecule has 0 saturated heterocycles. The van der Waals surface area contributed by atoms with Gasteiger partial charge in [0.2, 0.25) is 5.91 Å². The maximum Gasteiger partial charge on any atom is 0.307 e. The summed E-state index contributed by atoms with van der Waals surface area (Å²) in [5.41, 5.74) is 0. The Morgan fingerprint density at radius 1 is 1.00 bits per heavy atom. The van der Waals surface area contributed by atoms with Gasteiger partial charge in [0, 0.05) is 19.0 Å². The monoisotopic (exact) mass is 354 g/mol. The van der Waals surface area contributed by atoms with Gasteiger partial charge < -0.3 is 14.5 Å². The molecule has 0 bridgehead atoms. The molecule has 0 unspecified atom stereocenters. The summed E-state index contributed by atoms with van der Waals surface area (Å²) in [7, 11) is 5.48. The van der Waals surface area contributed by atoms with Crippen molar-refractivity contribution in [2.75, 3.05) is 40.8 Å². The average molecular weight is 355 g/mol. The molecular formula is C20H38N2O3. The number of amides is 1. The summed E-state index contributed by atoms with van der Waals surface area (Å²) in [6, 6.07) is 0. The predicted octanol–water partition coefficient (Wildman–Crippen LogP) is 3.33. The summed E-state index contributed by atoms with van der Waals surface area (Å²) in [4.78, 5) is 28.5. The Morgan fingerprint density at radius 2 is 1.68 bits per heavy atom. The highest BCUT2D eigenvalue weighted by Gasteiger charge is 2.29. The number of hydrogen-bond acceptors (Lipinski definition) is 4. The second-order valence-electron chi connectivity index (χ2n) is 7.67. The zero-order valence-corrected chi connectivity index (χ0v) is 16.8. The van der Waals surface area contributed by atoms with Gasteiger partial charge in [-0.2, -0.15) is 0 Å². The van der Waals surface area contributed by atoms with Crippen LogP contribution in [0.15, 0.2) is 0 Å². The molecule has 1 saturated carbocycles. The van der Waals surface area contributed by atoms with Crippen molar-refractivity contribution in [1.82, 2.24) is 9.80 Å². The molecule has 5 heteroatoms. The molecule has 0 radical (unpaired) electrons. The van der Waals surface area contributed by atoms with E-state index in [0.29, 0.717) is 6.54 Å². The van der Waals surface area contributed by atoms with Crippen LogP contribution < -0.4 is 0 Å². The number of unbranched alkanes of at least 4 members (excludes halogenated alkanes) is 1. The molecule has 0 spiro atoms. The molecule has 5 nitrogen and oxygen atoms in total. The van der Waals surface area contributed by atoms with E-state index in [2.05, 4.69) is 11.8 Å². The van der Waals surface area contributed by atoms with Crippen LogP contribution in [0.4, 0.5) is 0 Å². The molecule has 0 aromatic heterocycles. The highest BCUT2D eigenvalue weighted by molar-refractivity contribution is 5.79. The summed E-state index contributed by atoms with van der Waals surface area (Å²) in [6.45, 7) is 4.40. The normalized spacial score (nSPS) is 20.5. The van der Waals surface area contributed by atoms with E-state index in [4.69, 9.17) is 4.74 Å². The molecule has 1 aliphatic rings. The van der Waals surface area contributed by atoms with Gasteiger partial charge in [0.15, 0.2) is 0 Å². The molecule has 1 amide bonds. The lowest BCUT2D eigenvalue weighted by Gasteiger charge is -2.32. The topological polar surface area (TPSA) is 49.9 Å². The van der Waals surface area contributed by atoms with Gasteiger partial charge in [-0.15, -0.1) is 0 Å². The van der Waals surface area contributed by atoms with E-state index in [1.807, 2.05) is 19.0 Å². The average Bonchev–Trinajstić information content (AvgIpc) is 2.62. The van der Waals surface area contributed by atoms with Crippen LogP contribution in [0.2, 0.25) is 0 Å². The van der Waals surface area contributed by atoms with E-state index in [0.717, 1.165) is 38.3 Å². The van der Waals surface area contributed by atoms with E-state index in [1.54, 1.807) is 0 Å². The molecule has 25 heavy (non-hydrogen) atoms. The predicted molar refractivity (Wildman–Crippen MR) is 101 cm³/mol. The van der Waals surface area contributed by atoms with Gasteiger partial charge >= 0.3 is 5.97 Å². The van der Waals surface area contributed by atoms with Crippen molar-refractivity contribution in [2.45, 2.75) is 64.7 Å². The van der Waals surface area contributed by atoms with E-state index in [1.165, 1.54) is 39.2 Å². The van der Waals surface area contributed by atoms with Crippen molar-refractivity contribution in [3.63, 3.8) is 0 Å². The highest BCUT2D eigenvalue weighted by atomic mass is 16.5. The molecule has 1 fully saturated rings. The molecule has 0 aromatic rings. The van der Waals surface area contributed by atoms with Crippen LogP contribution in [0.3, 0.4) is 0 Å². The number of esters is 1. The van der Waals surface area contributed by atoms with Crippen molar-refractivity contribution in [3.05, 3.63) is 0 Å². The minimum absolute atomic E-state index is 0.148. The summed E-state index contributed by atoms with van der Waals surface area (Å²) in [5, 5.41) is 0. The number of carbonyl (C=O) groups is 2. The van der Waals surface area contributed by atoms with Crippen LogP contribution in [0, 0.1) is 11.8 Å². The van der Waals surface area contributed by atoms with Gasteiger partial charge in [-0.05, 0) is 58.7 Å². The Kier molecular flexibility index (Phi) is 10.8. The molecule has 0 heterocycles. The second-order valence-corrected chi connectivity index (χ2v) is 7.67. The largest absolute Gasteiger partial charge is 0.469 e. The second kappa shape index (κ2) is 12.3. The summed E-state index contributed by atoms with van der Waals surface area (Å²) in [6.07, 6.45) is 9.47. The molecule has 1 rings (SSSR count). The number of methoxy groups -OCH3 is 1. The van der Waals surface area contributed by atoms with Crippen LogP contribution in [0.5, 0.6) is 0 Å². The van der Waals surface area contributed by atoms with Crippen molar-refractivity contribution >= 4 is 11.9 Å². The maximum absolute atomic E-state index is 13.0. The van der Waals surface area contributed by atoms with Crippen LogP contribution in [-0.4, -0.2) is 62.5 Å². The van der Waals surface area contributed by atoms with E-state index in [9.17, 15) is 9.59 Å². The van der Waals surface area contributed by atoms with Crippen molar-refractivity contribution in [1.29, 1.82) is 0 Å². The summed E-state index contributed by atoms with van der Waals surface area (Å²) < 4.78 is 4.73. The minimum Gasteiger partial charge on any atom is -0.469 e. The third-order valence-corrected chi connectivity index (χ3v) is 5.32. The first-order valence-corrected chi connectivity index (χ1v) is 9.98. The lowest BCUT2D eigenvalue weighted by atomic mass is 9.79. The Labute approximate surface area is 154 Å². The quantitative estimate of drug-likeness (QED) is 0.534. The maximum atomic E-state index is 13.0. The summed E-state index contributed by atoms with van der Waals surface area (Å²) in [5.74, 6) is 0.960. The van der Waals surface area contributed by atoms with Crippen molar-refractivity contribution < 1.29 is 14.3 Å². The minimum atomic E-state index is -0.242. The molecule has 0 N–H and O–H groups in total. The molecule has 0 atom stereocenters. The lowest BCUT2D eigenvalue weighted by molar-refractivity contribution is -0.142. The summed E-state index contributed by atoms with van der Waals surface area (Å²) >= 11 is 0. The first-order chi connectivity index (χ1) is 12.0. The van der Waals surface area contributed by atoms with E-state index < -0.39 is 0 Å². The smallest absolute Gasteiger partial charge is 0.307 e. The van der Waals surface area contributed by atoms with Crippen molar-refractivity contribution in [2.24, 2.45) is 11.8 Å². The van der Waals surface area contributed by atoms with Gasteiger partial charge in [-0.3, -0.25) is 9.59 Å². The zero-order valence-electron chi connectivity index (χ0n) is 16.8. The van der Waals surface area contributed by atoms with E-state index >= 15 is 0 Å². The fourth-order valence-electron chi connectivity index (χ4n) is 3.69. The molecule has 0 aromatic carbocycles. The number of carbonyl (C=O) groups excluding carboxylic acids is 2. The Balaban J connectivity index is 2.51. The highest BCUT2D eigenvalue weighted by Crippen LogP contribution is 2.33. The zero-order chi connectivity index (χ0) is 18.7. The fraction of sp³-hybridized carbons (Fsp3) is 0.900. The van der Waals surface area contributed by atoms with Crippen LogP contribution in [-0.2, 0) is 14.3 Å². The Bertz CT molecular complexity index is 390. The van der Waals surface area contributed by atoms with Gasteiger partial charge in [0.05, 0.1) is 13.5 Å². The van der Waals surface area contributed by atoms with Gasteiger partial charge in [0.25, 0.3) is 0 Å². The molecule has 1 aliphatic carbocycles. The van der Waals surface area contributed by atoms with Gasteiger partial charge in [-0.25, -0.2) is 0 Å². The Morgan fingerprint density at radius 3 is 2.24 bits per heavy atom. The molecule has 0 aliphatic heterocycles. The molecular weight excluding hydrogens is 316 g/mol. The number of rotatable bonds is 11.